The lowest BCUT2D eigenvalue weighted by Crippen LogP contribution is -2.33. The van der Waals surface area contributed by atoms with Crippen LogP contribution in [0.3, 0.4) is 0 Å². The SMILES string of the molecule is COc1ccc(C2C(C#N)=C(N)Oc3cc(C)n(CCO)c(=O)c32)c(OC)c1. The largest absolute Gasteiger partial charge is 0.497 e. The molecular formula is C20H21N3O5. The van der Waals surface area contributed by atoms with Crippen LogP contribution in [-0.4, -0.2) is 30.5 Å². The monoisotopic (exact) mass is 383 g/mol. The van der Waals surface area contributed by atoms with Gasteiger partial charge in [-0.05, 0) is 13.0 Å². The van der Waals surface area contributed by atoms with Gasteiger partial charge in [-0.1, -0.05) is 6.07 Å². The number of allylic oxidation sites excluding steroid dienone is 1. The van der Waals surface area contributed by atoms with Gasteiger partial charge in [-0.25, -0.2) is 0 Å². The quantitative estimate of drug-likeness (QED) is 0.800. The van der Waals surface area contributed by atoms with Crippen molar-refractivity contribution in [3.05, 3.63) is 62.9 Å². The maximum absolute atomic E-state index is 13.2. The van der Waals surface area contributed by atoms with Gasteiger partial charge in [0.1, 0.15) is 28.9 Å². The maximum atomic E-state index is 13.2. The highest BCUT2D eigenvalue weighted by molar-refractivity contribution is 5.59. The molecule has 0 aliphatic carbocycles. The molecule has 1 aliphatic heterocycles. The van der Waals surface area contributed by atoms with Crippen LogP contribution in [0.25, 0.3) is 0 Å². The number of aliphatic hydroxyl groups is 1. The Morgan fingerprint density at radius 1 is 1.32 bits per heavy atom. The summed E-state index contributed by atoms with van der Waals surface area (Å²) in [7, 11) is 3.03. The summed E-state index contributed by atoms with van der Waals surface area (Å²) in [6.07, 6.45) is 0. The zero-order chi connectivity index (χ0) is 20.4. The van der Waals surface area contributed by atoms with Crippen molar-refractivity contribution in [2.45, 2.75) is 19.4 Å². The predicted octanol–water partition coefficient (Wildman–Crippen LogP) is 1.38. The van der Waals surface area contributed by atoms with E-state index in [0.29, 0.717) is 22.8 Å². The number of nitrogens with two attached hydrogens (primary N) is 1. The number of hydrogen-bond donors (Lipinski definition) is 2. The number of pyridine rings is 1. The lowest BCUT2D eigenvalue weighted by molar-refractivity contribution is 0.272. The summed E-state index contributed by atoms with van der Waals surface area (Å²) in [5.74, 6) is 0.483. The highest BCUT2D eigenvalue weighted by Gasteiger charge is 2.36. The fourth-order valence-electron chi connectivity index (χ4n) is 3.43. The van der Waals surface area contributed by atoms with Gasteiger partial charge < -0.3 is 29.6 Å². The molecule has 1 unspecified atom stereocenters. The Balaban J connectivity index is 2.34. The number of aromatic nitrogens is 1. The van der Waals surface area contributed by atoms with Gasteiger partial charge in [-0.2, -0.15) is 5.26 Å². The molecule has 0 amide bonds. The van der Waals surface area contributed by atoms with E-state index in [4.69, 9.17) is 19.9 Å². The highest BCUT2D eigenvalue weighted by Crippen LogP contribution is 2.44. The van der Waals surface area contributed by atoms with Gasteiger partial charge in [-0.3, -0.25) is 4.79 Å². The number of nitrogens with zero attached hydrogens (tertiary/aromatic N) is 2. The Morgan fingerprint density at radius 3 is 2.68 bits per heavy atom. The second-order valence-corrected chi connectivity index (χ2v) is 6.28. The maximum Gasteiger partial charge on any atom is 0.258 e. The van der Waals surface area contributed by atoms with Crippen LogP contribution >= 0.6 is 0 Å². The Labute approximate surface area is 162 Å². The van der Waals surface area contributed by atoms with Crippen molar-refractivity contribution in [3.8, 4) is 23.3 Å². The molecule has 1 aliphatic rings. The number of ether oxygens (including phenoxy) is 3. The number of aryl methyl sites for hydroxylation is 1. The van der Waals surface area contributed by atoms with Crippen molar-refractivity contribution in [3.63, 3.8) is 0 Å². The van der Waals surface area contributed by atoms with E-state index in [0.717, 1.165) is 0 Å². The molecule has 0 fully saturated rings. The first-order valence-electron chi connectivity index (χ1n) is 8.61. The van der Waals surface area contributed by atoms with Crippen LogP contribution in [0.1, 0.15) is 22.7 Å². The lowest BCUT2D eigenvalue weighted by Gasteiger charge is -2.28. The molecule has 0 spiro atoms. The Hall–Kier alpha value is -3.44. The number of hydrogen-bond acceptors (Lipinski definition) is 7. The van der Waals surface area contributed by atoms with Crippen LogP contribution in [0.5, 0.6) is 17.2 Å². The fourth-order valence-corrected chi connectivity index (χ4v) is 3.43. The predicted molar refractivity (Wildman–Crippen MR) is 101 cm³/mol. The van der Waals surface area contributed by atoms with Gasteiger partial charge >= 0.3 is 0 Å². The van der Waals surface area contributed by atoms with E-state index in [9.17, 15) is 15.2 Å². The van der Waals surface area contributed by atoms with Gasteiger partial charge in [0.05, 0.1) is 32.3 Å². The van der Waals surface area contributed by atoms with Crippen molar-refractivity contribution in [2.24, 2.45) is 5.73 Å². The molecule has 2 heterocycles. The second kappa shape index (κ2) is 7.66. The third-order valence-corrected chi connectivity index (χ3v) is 4.77. The summed E-state index contributed by atoms with van der Waals surface area (Å²) in [6, 6.07) is 8.87. The molecule has 3 rings (SSSR count). The molecule has 0 bridgehead atoms. The van der Waals surface area contributed by atoms with E-state index in [1.165, 1.54) is 18.8 Å². The summed E-state index contributed by atoms with van der Waals surface area (Å²) in [5.41, 5.74) is 7.24. The number of rotatable bonds is 5. The molecule has 28 heavy (non-hydrogen) atoms. The minimum Gasteiger partial charge on any atom is -0.497 e. The van der Waals surface area contributed by atoms with E-state index >= 15 is 0 Å². The number of fused-ring (bicyclic) bond motifs is 1. The van der Waals surface area contributed by atoms with Crippen molar-refractivity contribution in [1.82, 2.24) is 4.57 Å². The fraction of sp³-hybridized carbons (Fsp3) is 0.300. The second-order valence-electron chi connectivity index (χ2n) is 6.28. The van der Waals surface area contributed by atoms with E-state index in [-0.39, 0.29) is 41.5 Å². The molecule has 2 aromatic rings. The molecule has 0 radical (unpaired) electrons. The van der Waals surface area contributed by atoms with Crippen molar-refractivity contribution < 1.29 is 19.3 Å². The first kappa shape index (κ1) is 19.3. The highest BCUT2D eigenvalue weighted by atomic mass is 16.5. The summed E-state index contributed by atoms with van der Waals surface area (Å²) in [5, 5.41) is 19.0. The van der Waals surface area contributed by atoms with Crippen LogP contribution in [-0.2, 0) is 6.54 Å². The third kappa shape index (κ3) is 3.06. The normalized spacial score (nSPS) is 15.5. The minimum absolute atomic E-state index is 0.0587. The first-order valence-corrected chi connectivity index (χ1v) is 8.61. The van der Waals surface area contributed by atoms with E-state index < -0.39 is 5.92 Å². The Bertz CT molecular complexity index is 1050. The van der Waals surface area contributed by atoms with Crippen LogP contribution in [0.4, 0.5) is 0 Å². The lowest BCUT2D eigenvalue weighted by atomic mass is 9.83. The molecule has 8 nitrogen and oxygen atoms in total. The molecule has 146 valence electrons. The Morgan fingerprint density at radius 2 is 2.07 bits per heavy atom. The number of aliphatic hydroxyl groups excluding tert-OH is 1. The molecule has 1 atom stereocenters. The van der Waals surface area contributed by atoms with Crippen LogP contribution in [0.2, 0.25) is 0 Å². The van der Waals surface area contributed by atoms with Gasteiger partial charge in [-0.15, -0.1) is 0 Å². The van der Waals surface area contributed by atoms with Gasteiger partial charge in [0.2, 0.25) is 5.88 Å². The number of nitriles is 1. The molecule has 0 saturated heterocycles. The zero-order valence-corrected chi connectivity index (χ0v) is 15.9. The summed E-state index contributed by atoms with van der Waals surface area (Å²) in [4.78, 5) is 13.2. The van der Waals surface area contributed by atoms with E-state index in [1.54, 1.807) is 31.2 Å². The average molecular weight is 383 g/mol. The van der Waals surface area contributed by atoms with E-state index in [1.807, 2.05) is 0 Å². The summed E-state index contributed by atoms with van der Waals surface area (Å²) in [6.45, 7) is 1.68. The van der Waals surface area contributed by atoms with Gasteiger partial charge in [0, 0.05) is 29.9 Å². The van der Waals surface area contributed by atoms with E-state index in [2.05, 4.69) is 6.07 Å². The van der Waals surface area contributed by atoms with Crippen LogP contribution in [0, 0.1) is 18.3 Å². The van der Waals surface area contributed by atoms with Gasteiger partial charge in [0.15, 0.2) is 0 Å². The van der Waals surface area contributed by atoms with Crippen LogP contribution < -0.4 is 25.5 Å². The molecule has 8 heteroatoms. The first-order chi connectivity index (χ1) is 13.5. The topological polar surface area (TPSA) is 120 Å². The standard InChI is InChI=1S/C20H21N3O5/c1-11-8-16-18(20(25)23(11)6-7-24)17(14(10-21)19(22)28-16)13-5-4-12(26-2)9-15(13)27-3/h4-5,8-9,17,24H,6-7,22H2,1-3H3. The summed E-state index contributed by atoms with van der Waals surface area (Å²) < 4.78 is 17.8. The van der Waals surface area contributed by atoms with Crippen molar-refractivity contribution >= 4 is 0 Å². The molecule has 3 N–H and O–H groups in total. The Kier molecular flexibility index (Phi) is 5.29. The zero-order valence-electron chi connectivity index (χ0n) is 15.9. The summed E-state index contributed by atoms with van der Waals surface area (Å²) >= 11 is 0. The number of methoxy groups -OCH3 is 2. The van der Waals surface area contributed by atoms with Gasteiger partial charge in [0.25, 0.3) is 5.56 Å². The molecular weight excluding hydrogens is 362 g/mol. The number of benzene rings is 1. The molecule has 1 aromatic carbocycles. The minimum atomic E-state index is -0.771. The van der Waals surface area contributed by atoms with Crippen LogP contribution in [0.15, 0.2) is 40.5 Å². The average Bonchev–Trinajstić information content (AvgIpc) is 2.69. The van der Waals surface area contributed by atoms with Crippen molar-refractivity contribution in [2.75, 3.05) is 20.8 Å². The molecule has 1 aromatic heterocycles. The smallest absolute Gasteiger partial charge is 0.258 e. The van der Waals surface area contributed by atoms with Crippen molar-refractivity contribution in [1.29, 1.82) is 5.26 Å². The molecule has 0 saturated carbocycles. The third-order valence-electron chi connectivity index (χ3n) is 4.77.